The van der Waals surface area contributed by atoms with Crippen LogP contribution in [0.4, 0.5) is 5.69 Å². The number of nitrogens with two attached hydrogens (primary N) is 1. The molecule has 1 heterocycles. The molecule has 2 rings (SSSR count). The van der Waals surface area contributed by atoms with Crippen LogP contribution >= 0.6 is 0 Å². The SMILES string of the molecule is N#Cc1cccc(NC(=O)CN2CCC(N)C2)c1. The highest BCUT2D eigenvalue weighted by Gasteiger charge is 2.20. The van der Waals surface area contributed by atoms with Gasteiger partial charge in [-0.3, -0.25) is 9.69 Å². The van der Waals surface area contributed by atoms with Gasteiger partial charge in [-0.1, -0.05) is 6.07 Å². The summed E-state index contributed by atoms with van der Waals surface area (Å²) in [5, 5.41) is 11.6. The van der Waals surface area contributed by atoms with E-state index in [-0.39, 0.29) is 11.9 Å². The van der Waals surface area contributed by atoms with Crippen LogP contribution in [0.1, 0.15) is 12.0 Å². The number of benzene rings is 1. The van der Waals surface area contributed by atoms with E-state index in [0.717, 1.165) is 19.5 Å². The van der Waals surface area contributed by atoms with Crippen molar-refractivity contribution in [3.8, 4) is 6.07 Å². The Bertz CT molecular complexity index is 480. The molecular formula is C13H16N4O. The first-order chi connectivity index (χ1) is 8.67. The van der Waals surface area contributed by atoms with E-state index in [9.17, 15) is 4.79 Å². The Balaban J connectivity index is 1.89. The van der Waals surface area contributed by atoms with Crippen molar-refractivity contribution in [2.45, 2.75) is 12.5 Å². The number of nitriles is 1. The third-order valence-electron chi connectivity index (χ3n) is 2.95. The van der Waals surface area contributed by atoms with E-state index in [1.165, 1.54) is 0 Å². The molecule has 1 fully saturated rings. The third-order valence-corrected chi connectivity index (χ3v) is 2.95. The lowest BCUT2D eigenvalue weighted by molar-refractivity contribution is -0.117. The van der Waals surface area contributed by atoms with Crippen LogP contribution in [-0.2, 0) is 4.79 Å². The second kappa shape index (κ2) is 5.63. The normalized spacial score (nSPS) is 19.4. The Kier molecular flexibility index (Phi) is 3.92. The zero-order valence-electron chi connectivity index (χ0n) is 10.1. The molecule has 0 spiro atoms. The fourth-order valence-electron chi connectivity index (χ4n) is 2.08. The maximum Gasteiger partial charge on any atom is 0.238 e. The molecule has 1 amide bonds. The number of hydrogen-bond donors (Lipinski definition) is 2. The van der Waals surface area contributed by atoms with E-state index in [4.69, 9.17) is 11.0 Å². The molecule has 1 saturated heterocycles. The Morgan fingerprint density at radius 1 is 1.61 bits per heavy atom. The standard InChI is InChI=1S/C13H16N4O/c14-7-10-2-1-3-12(6-10)16-13(18)9-17-5-4-11(15)8-17/h1-3,6,11H,4-5,8-9,15H2,(H,16,18). The second-order valence-electron chi connectivity index (χ2n) is 4.52. The van der Waals surface area contributed by atoms with Gasteiger partial charge in [0.05, 0.1) is 18.2 Å². The number of nitrogens with one attached hydrogen (secondary N) is 1. The van der Waals surface area contributed by atoms with Crippen molar-refractivity contribution >= 4 is 11.6 Å². The highest BCUT2D eigenvalue weighted by molar-refractivity contribution is 5.92. The van der Waals surface area contributed by atoms with Crippen molar-refractivity contribution in [2.75, 3.05) is 25.0 Å². The molecule has 1 atom stereocenters. The van der Waals surface area contributed by atoms with Crippen LogP contribution in [0.3, 0.4) is 0 Å². The molecule has 0 radical (unpaired) electrons. The van der Waals surface area contributed by atoms with Crippen molar-refractivity contribution in [1.82, 2.24) is 4.90 Å². The summed E-state index contributed by atoms with van der Waals surface area (Å²) < 4.78 is 0. The minimum atomic E-state index is -0.0702. The van der Waals surface area contributed by atoms with Crippen LogP contribution in [0, 0.1) is 11.3 Å². The number of rotatable bonds is 3. The number of amides is 1. The van der Waals surface area contributed by atoms with Gasteiger partial charge in [0.25, 0.3) is 0 Å². The van der Waals surface area contributed by atoms with Crippen LogP contribution in [0.25, 0.3) is 0 Å². The van der Waals surface area contributed by atoms with Crippen LogP contribution in [-0.4, -0.2) is 36.5 Å². The first-order valence-electron chi connectivity index (χ1n) is 5.95. The van der Waals surface area contributed by atoms with Gasteiger partial charge in [-0.15, -0.1) is 0 Å². The molecule has 1 aromatic carbocycles. The summed E-state index contributed by atoms with van der Waals surface area (Å²) >= 11 is 0. The van der Waals surface area contributed by atoms with E-state index in [0.29, 0.717) is 17.8 Å². The fourth-order valence-corrected chi connectivity index (χ4v) is 2.08. The molecule has 5 nitrogen and oxygen atoms in total. The second-order valence-corrected chi connectivity index (χ2v) is 4.52. The molecule has 1 aromatic rings. The van der Waals surface area contributed by atoms with Crippen molar-refractivity contribution in [1.29, 1.82) is 5.26 Å². The Morgan fingerprint density at radius 3 is 3.11 bits per heavy atom. The summed E-state index contributed by atoms with van der Waals surface area (Å²) in [5.41, 5.74) is 6.97. The number of likely N-dealkylation sites (tertiary alicyclic amines) is 1. The summed E-state index contributed by atoms with van der Waals surface area (Å²) in [6, 6.07) is 9.11. The van der Waals surface area contributed by atoms with Crippen molar-refractivity contribution in [2.24, 2.45) is 5.73 Å². The van der Waals surface area contributed by atoms with Gasteiger partial charge in [0.1, 0.15) is 0 Å². The van der Waals surface area contributed by atoms with Crippen LogP contribution in [0.15, 0.2) is 24.3 Å². The minimum absolute atomic E-state index is 0.0702. The lowest BCUT2D eigenvalue weighted by Gasteiger charge is -2.14. The molecule has 0 aromatic heterocycles. The molecule has 0 aliphatic carbocycles. The molecule has 18 heavy (non-hydrogen) atoms. The fraction of sp³-hybridized carbons (Fsp3) is 0.385. The Hall–Kier alpha value is -1.90. The maximum atomic E-state index is 11.8. The van der Waals surface area contributed by atoms with Gasteiger partial charge in [-0.05, 0) is 24.6 Å². The lowest BCUT2D eigenvalue weighted by Crippen LogP contribution is -2.33. The quantitative estimate of drug-likeness (QED) is 0.812. The first-order valence-corrected chi connectivity index (χ1v) is 5.95. The van der Waals surface area contributed by atoms with Crippen molar-refractivity contribution < 1.29 is 4.79 Å². The lowest BCUT2D eigenvalue weighted by atomic mass is 10.2. The maximum absolute atomic E-state index is 11.8. The zero-order valence-corrected chi connectivity index (χ0v) is 10.1. The monoisotopic (exact) mass is 244 g/mol. The van der Waals surface area contributed by atoms with E-state index >= 15 is 0 Å². The number of hydrogen-bond acceptors (Lipinski definition) is 4. The smallest absolute Gasteiger partial charge is 0.238 e. The molecular weight excluding hydrogens is 228 g/mol. The topological polar surface area (TPSA) is 82.2 Å². The molecule has 0 saturated carbocycles. The first kappa shape index (κ1) is 12.6. The highest BCUT2D eigenvalue weighted by Crippen LogP contribution is 2.11. The Labute approximate surface area is 106 Å². The van der Waals surface area contributed by atoms with Crippen LogP contribution in [0.5, 0.6) is 0 Å². The van der Waals surface area contributed by atoms with Gasteiger partial charge < -0.3 is 11.1 Å². The van der Waals surface area contributed by atoms with E-state index in [1.807, 2.05) is 11.0 Å². The average molecular weight is 244 g/mol. The van der Waals surface area contributed by atoms with Gasteiger partial charge in [0.2, 0.25) is 5.91 Å². The van der Waals surface area contributed by atoms with Crippen molar-refractivity contribution in [3.63, 3.8) is 0 Å². The summed E-state index contributed by atoms with van der Waals surface area (Å²) in [6.07, 6.45) is 0.942. The molecule has 1 aliphatic heterocycles. The summed E-state index contributed by atoms with van der Waals surface area (Å²) in [6.45, 7) is 1.99. The largest absolute Gasteiger partial charge is 0.326 e. The summed E-state index contributed by atoms with van der Waals surface area (Å²) in [5.74, 6) is -0.0702. The summed E-state index contributed by atoms with van der Waals surface area (Å²) in [4.78, 5) is 13.8. The van der Waals surface area contributed by atoms with Crippen molar-refractivity contribution in [3.05, 3.63) is 29.8 Å². The van der Waals surface area contributed by atoms with Gasteiger partial charge >= 0.3 is 0 Å². The van der Waals surface area contributed by atoms with Gasteiger partial charge in [0.15, 0.2) is 0 Å². The van der Waals surface area contributed by atoms with Crippen LogP contribution < -0.4 is 11.1 Å². The average Bonchev–Trinajstić information content (AvgIpc) is 2.74. The Morgan fingerprint density at radius 2 is 2.44 bits per heavy atom. The van der Waals surface area contributed by atoms with E-state index in [1.54, 1.807) is 24.3 Å². The number of anilines is 1. The van der Waals surface area contributed by atoms with Gasteiger partial charge in [0, 0.05) is 24.8 Å². The van der Waals surface area contributed by atoms with Crippen LogP contribution in [0.2, 0.25) is 0 Å². The molecule has 0 bridgehead atoms. The molecule has 1 aliphatic rings. The van der Waals surface area contributed by atoms with E-state index in [2.05, 4.69) is 5.32 Å². The minimum Gasteiger partial charge on any atom is -0.326 e. The molecule has 3 N–H and O–H groups in total. The molecule has 1 unspecified atom stereocenters. The number of nitrogens with zero attached hydrogens (tertiary/aromatic N) is 2. The highest BCUT2D eigenvalue weighted by atomic mass is 16.2. The van der Waals surface area contributed by atoms with Gasteiger partial charge in [-0.25, -0.2) is 0 Å². The molecule has 94 valence electrons. The molecule has 5 heteroatoms. The summed E-state index contributed by atoms with van der Waals surface area (Å²) in [7, 11) is 0. The third kappa shape index (κ3) is 3.29. The van der Waals surface area contributed by atoms with Gasteiger partial charge in [-0.2, -0.15) is 5.26 Å². The number of carbonyl (C=O) groups excluding carboxylic acids is 1. The number of carbonyl (C=O) groups is 1. The predicted octanol–water partition coefficient (Wildman–Crippen LogP) is 0.530. The van der Waals surface area contributed by atoms with E-state index < -0.39 is 0 Å². The predicted molar refractivity (Wildman–Crippen MR) is 68.8 cm³/mol. The zero-order chi connectivity index (χ0) is 13.0.